The Morgan fingerprint density at radius 1 is 1.17 bits per heavy atom. The van der Waals surface area contributed by atoms with Crippen LogP contribution in [0.15, 0.2) is 46.1 Å². The Morgan fingerprint density at radius 3 is 2.50 bits per heavy atom. The molecule has 0 bridgehead atoms. The van der Waals surface area contributed by atoms with E-state index in [9.17, 15) is 14.4 Å². The molecular formula is C21H23N5O4. The second-order valence-corrected chi connectivity index (χ2v) is 7.34. The molecule has 0 spiro atoms. The van der Waals surface area contributed by atoms with Crippen LogP contribution in [0.25, 0.3) is 28.2 Å². The number of benzene rings is 1. The summed E-state index contributed by atoms with van der Waals surface area (Å²) in [4.78, 5) is 42.5. The maximum absolute atomic E-state index is 13.2. The van der Waals surface area contributed by atoms with Gasteiger partial charge in [-0.05, 0) is 26.3 Å². The van der Waals surface area contributed by atoms with Gasteiger partial charge in [-0.2, -0.15) is 4.98 Å². The van der Waals surface area contributed by atoms with Gasteiger partial charge in [-0.3, -0.25) is 18.6 Å². The number of fused-ring (bicyclic) bond motifs is 3. The average Bonchev–Trinajstić information content (AvgIpc) is 3.26. The average molecular weight is 409 g/mol. The van der Waals surface area contributed by atoms with Gasteiger partial charge in [0.25, 0.3) is 5.56 Å². The van der Waals surface area contributed by atoms with Crippen molar-refractivity contribution in [2.45, 2.75) is 33.4 Å². The molecule has 9 nitrogen and oxygen atoms in total. The minimum Gasteiger partial charge on any atom is -0.465 e. The van der Waals surface area contributed by atoms with E-state index in [2.05, 4.69) is 4.98 Å². The van der Waals surface area contributed by atoms with Crippen LogP contribution in [-0.4, -0.2) is 35.7 Å². The second kappa shape index (κ2) is 7.33. The number of rotatable bonds is 5. The quantitative estimate of drug-likeness (QED) is 0.470. The van der Waals surface area contributed by atoms with E-state index in [0.717, 1.165) is 15.8 Å². The van der Waals surface area contributed by atoms with Crippen LogP contribution in [0.1, 0.15) is 26.8 Å². The molecule has 30 heavy (non-hydrogen) atoms. The van der Waals surface area contributed by atoms with Crippen molar-refractivity contribution in [1.29, 1.82) is 0 Å². The summed E-state index contributed by atoms with van der Waals surface area (Å²) in [5.74, 6) is -0.0821. The molecule has 0 radical (unpaired) electrons. The van der Waals surface area contributed by atoms with E-state index in [0.29, 0.717) is 5.78 Å². The summed E-state index contributed by atoms with van der Waals surface area (Å²) in [6.07, 6.45) is 1.85. The van der Waals surface area contributed by atoms with Crippen LogP contribution in [0.4, 0.5) is 0 Å². The number of carbonyl (C=O) groups is 1. The molecule has 0 saturated carbocycles. The fourth-order valence-corrected chi connectivity index (χ4v) is 3.72. The molecule has 0 fully saturated rings. The molecule has 3 aromatic heterocycles. The number of hydrogen-bond acceptors (Lipinski definition) is 5. The van der Waals surface area contributed by atoms with Gasteiger partial charge in [0.05, 0.1) is 12.3 Å². The number of nitrogens with zero attached hydrogens (tertiary/aromatic N) is 5. The summed E-state index contributed by atoms with van der Waals surface area (Å²) in [5.41, 5.74) is 1.22. The lowest BCUT2D eigenvalue weighted by Crippen LogP contribution is -2.41. The maximum Gasteiger partial charge on any atom is 0.333 e. The summed E-state index contributed by atoms with van der Waals surface area (Å²) >= 11 is 0. The smallest absolute Gasteiger partial charge is 0.333 e. The summed E-state index contributed by atoms with van der Waals surface area (Å²) in [6, 6.07) is 9.88. The zero-order valence-corrected chi connectivity index (χ0v) is 17.3. The number of imidazole rings is 2. The van der Waals surface area contributed by atoms with Gasteiger partial charge < -0.3 is 9.30 Å². The van der Waals surface area contributed by atoms with Gasteiger partial charge in [-0.1, -0.05) is 30.3 Å². The molecule has 0 N–H and O–H groups in total. The zero-order valence-electron chi connectivity index (χ0n) is 17.3. The normalized spacial score (nSPS) is 11.6. The van der Waals surface area contributed by atoms with Crippen molar-refractivity contribution in [3.8, 4) is 11.3 Å². The highest BCUT2D eigenvalue weighted by Crippen LogP contribution is 2.28. The summed E-state index contributed by atoms with van der Waals surface area (Å²) in [6.45, 7) is 5.46. The van der Waals surface area contributed by atoms with E-state index in [1.807, 2.05) is 54.9 Å². The predicted molar refractivity (Wildman–Crippen MR) is 113 cm³/mol. The van der Waals surface area contributed by atoms with Gasteiger partial charge >= 0.3 is 11.7 Å². The van der Waals surface area contributed by atoms with E-state index >= 15 is 0 Å². The van der Waals surface area contributed by atoms with Crippen LogP contribution in [-0.2, 0) is 23.1 Å². The highest BCUT2D eigenvalue weighted by atomic mass is 16.5. The molecule has 4 aromatic rings. The monoisotopic (exact) mass is 409 g/mol. The van der Waals surface area contributed by atoms with Gasteiger partial charge in [0.1, 0.15) is 6.54 Å². The molecule has 9 heteroatoms. The third kappa shape index (κ3) is 2.94. The third-order valence-corrected chi connectivity index (χ3v) is 5.06. The predicted octanol–water partition coefficient (Wildman–Crippen LogP) is 1.96. The van der Waals surface area contributed by atoms with Crippen LogP contribution in [0.2, 0.25) is 0 Å². The minimum absolute atomic E-state index is 0.0632. The van der Waals surface area contributed by atoms with E-state index < -0.39 is 23.8 Å². The van der Waals surface area contributed by atoms with Crippen LogP contribution in [0.3, 0.4) is 0 Å². The maximum atomic E-state index is 13.2. The van der Waals surface area contributed by atoms with Crippen molar-refractivity contribution in [3.63, 3.8) is 0 Å². The Kier molecular flexibility index (Phi) is 4.81. The molecule has 3 heterocycles. The van der Waals surface area contributed by atoms with E-state index in [1.165, 1.54) is 11.6 Å². The molecule has 0 saturated heterocycles. The lowest BCUT2D eigenvalue weighted by molar-refractivity contribution is -0.143. The van der Waals surface area contributed by atoms with Gasteiger partial charge in [0, 0.05) is 19.3 Å². The number of aryl methyl sites for hydroxylation is 1. The highest BCUT2D eigenvalue weighted by Gasteiger charge is 2.23. The first kappa shape index (κ1) is 19.7. The SMILES string of the molecule is CCOC(=O)Cn1c(=O)c2c(nc3n(C(C)C)c(-c4ccccc4)cn23)n(C)c1=O. The van der Waals surface area contributed by atoms with Crippen molar-refractivity contribution in [2.24, 2.45) is 7.05 Å². The van der Waals surface area contributed by atoms with Crippen molar-refractivity contribution in [3.05, 3.63) is 57.4 Å². The van der Waals surface area contributed by atoms with E-state index in [-0.39, 0.29) is 23.8 Å². The second-order valence-electron chi connectivity index (χ2n) is 7.34. The Hall–Kier alpha value is -3.62. The standard InChI is InChI=1S/C21H23N5O4/c1-5-30-16(27)12-25-19(28)17-18(23(4)21(25)29)22-20-24(17)11-15(26(20)13(2)3)14-9-7-6-8-10-14/h6-11,13H,5,12H2,1-4H3. The van der Waals surface area contributed by atoms with Gasteiger partial charge in [0.2, 0.25) is 5.78 Å². The fourth-order valence-electron chi connectivity index (χ4n) is 3.72. The molecule has 156 valence electrons. The summed E-state index contributed by atoms with van der Waals surface area (Å²) in [5, 5.41) is 0. The topological polar surface area (TPSA) is 92.5 Å². The Bertz CT molecular complexity index is 1370. The number of aromatic nitrogens is 5. The van der Waals surface area contributed by atoms with Crippen LogP contribution >= 0.6 is 0 Å². The molecule has 0 aliphatic carbocycles. The molecule has 0 unspecified atom stereocenters. The number of carbonyl (C=O) groups excluding carboxylic acids is 1. The first-order valence-electron chi connectivity index (χ1n) is 9.79. The number of hydrogen-bond donors (Lipinski definition) is 0. The van der Waals surface area contributed by atoms with Gasteiger partial charge in [-0.25, -0.2) is 9.36 Å². The number of esters is 1. The van der Waals surface area contributed by atoms with Crippen molar-refractivity contribution >= 4 is 22.9 Å². The molecule has 1 aromatic carbocycles. The lowest BCUT2D eigenvalue weighted by Gasteiger charge is -2.12. The molecule has 0 aliphatic heterocycles. The zero-order chi connectivity index (χ0) is 21.6. The van der Waals surface area contributed by atoms with Crippen LogP contribution in [0.5, 0.6) is 0 Å². The molecule has 4 rings (SSSR count). The van der Waals surface area contributed by atoms with Crippen LogP contribution < -0.4 is 11.2 Å². The molecular weight excluding hydrogens is 386 g/mol. The van der Waals surface area contributed by atoms with Crippen molar-refractivity contribution in [2.75, 3.05) is 6.61 Å². The lowest BCUT2D eigenvalue weighted by atomic mass is 10.1. The van der Waals surface area contributed by atoms with E-state index in [4.69, 9.17) is 4.74 Å². The largest absolute Gasteiger partial charge is 0.465 e. The molecule has 0 atom stereocenters. The van der Waals surface area contributed by atoms with Crippen molar-refractivity contribution in [1.82, 2.24) is 23.1 Å². The highest BCUT2D eigenvalue weighted by molar-refractivity contribution is 5.78. The molecule has 0 amide bonds. The minimum atomic E-state index is -0.637. The Balaban J connectivity index is 2.06. The Morgan fingerprint density at radius 2 is 1.87 bits per heavy atom. The summed E-state index contributed by atoms with van der Waals surface area (Å²) in [7, 11) is 1.54. The van der Waals surface area contributed by atoms with Crippen LogP contribution in [0, 0.1) is 0 Å². The third-order valence-electron chi connectivity index (χ3n) is 5.06. The number of ether oxygens (including phenoxy) is 1. The first-order chi connectivity index (χ1) is 14.3. The van der Waals surface area contributed by atoms with Gasteiger partial charge in [-0.15, -0.1) is 0 Å². The molecule has 0 aliphatic rings. The van der Waals surface area contributed by atoms with Gasteiger partial charge in [0.15, 0.2) is 11.2 Å². The fraction of sp³-hybridized carbons (Fsp3) is 0.333. The summed E-state index contributed by atoms with van der Waals surface area (Å²) < 4.78 is 10.8. The Labute approximate surface area is 171 Å². The first-order valence-corrected chi connectivity index (χ1v) is 9.79. The van der Waals surface area contributed by atoms with E-state index in [1.54, 1.807) is 11.3 Å². The van der Waals surface area contributed by atoms with Crippen molar-refractivity contribution < 1.29 is 9.53 Å².